The Balaban J connectivity index is 1.62. The van der Waals surface area contributed by atoms with Gasteiger partial charge in [-0.2, -0.15) is 0 Å². The lowest BCUT2D eigenvalue weighted by Crippen LogP contribution is -2.43. The molecule has 1 N–H and O–H groups in total. The highest BCUT2D eigenvalue weighted by Crippen LogP contribution is 2.44. The number of fused-ring (bicyclic) bond motifs is 1. The average molecular weight is 305 g/mol. The maximum Gasteiger partial charge on any atom is 0.0535 e. The van der Waals surface area contributed by atoms with Crippen LogP contribution in [0.25, 0.3) is 0 Å². The van der Waals surface area contributed by atoms with Crippen molar-refractivity contribution in [3.05, 3.63) is 29.8 Å². The van der Waals surface area contributed by atoms with Gasteiger partial charge >= 0.3 is 0 Å². The first-order chi connectivity index (χ1) is 10.3. The molecular weight excluding hydrogens is 278 g/mol. The van der Waals surface area contributed by atoms with E-state index in [0.29, 0.717) is 5.41 Å². The quantitative estimate of drug-likeness (QED) is 0.806. The molecule has 0 aliphatic carbocycles. The monoisotopic (exact) mass is 305 g/mol. The molecule has 1 aromatic rings. The number of nitrogens with one attached hydrogen (secondary N) is 1. The molecule has 116 valence electrons. The molecule has 0 spiro atoms. The van der Waals surface area contributed by atoms with Crippen molar-refractivity contribution in [2.75, 3.05) is 26.3 Å². The lowest BCUT2D eigenvalue weighted by molar-refractivity contribution is -0.0119. The van der Waals surface area contributed by atoms with Crippen LogP contribution in [0, 0.1) is 5.41 Å². The van der Waals surface area contributed by atoms with Gasteiger partial charge in [0.15, 0.2) is 0 Å². The van der Waals surface area contributed by atoms with Crippen LogP contribution >= 0.6 is 11.8 Å². The lowest BCUT2D eigenvalue weighted by atomic mass is 9.77. The Kier molecular flexibility index (Phi) is 5.25. The first-order valence-electron chi connectivity index (χ1n) is 8.34. The maximum atomic E-state index is 5.85. The van der Waals surface area contributed by atoms with Crippen LogP contribution in [0.1, 0.15) is 38.2 Å². The summed E-state index contributed by atoms with van der Waals surface area (Å²) in [4.78, 5) is 1.50. The van der Waals surface area contributed by atoms with Crippen molar-refractivity contribution in [3.63, 3.8) is 0 Å². The minimum Gasteiger partial charge on any atom is -0.381 e. The van der Waals surface area contributed by atoms with Crippen molar-refractivity contribution in [3.8, 4) is 0 Å². The molecule has 0 amide bonds. The highest BCUT2D eigenvalue weighted by atomic mass is 32.2. The standard InChI is InChI=1S/C18H27NOS/c1-2-9-19-13-18(8-5-10-20-14-18)12-16-11-15-6-3-4-7-17(15)21-16/h3-4,6-7,16,19H,2,5,8-14H2,1H3. The molecule has 2 unspecified atom stereocenters. The van der Waals surface area contributed by atoms with Gasteiger partial charge in [0.1, 0.15) is 0 Å². The molecule has 0 saturated carbocycles. The van der Waals surface area contributed by atoms with Gasteiger partial charge in [-0.15, -0.1) is 11.8 Å². The SMILES string of the molecule is CCCNCC1(CC2Cc3ccccc3S2)CCCOC1. The summed E-state index contributed by atoms with van der Waals surface area (Å²) in [6.45, 7) is 6.37. The van der Waals surface area contributed by atoms with Crippen molar-refractivity contribution >= 4 is 11.8 Å². The molecule has 2 atom stereocenters. The number of rotatable bonds is 6. The van der Waals surface area contributed by atoms with E-state index in [1.165, 1.54) is 37.0 Å². The minimum atomic E-state index is 0.354. The molecule has 1 fully saturated rings. The lowest BCUT2D eigenvalue weighted by Gasteiger charge is -2.39. The maximum absolute atomic E-state index is 5.85. The van der Waals surface area contributed by atoms with E-state index in [-0.39, 0.29) is 0 Å². The predicted octanol–water partition coefficient (Wildman–Crippen LogP) is 3.89. The number of benzene rings is 1. The molecule has 3 rings (SSSR count). The van der Waals surface area contributed by atoms with Crippen LogP contribution in [-0.4, -0.2) is 31.6 Å². The molecule has 0 bridgehead atoms. The molecule has 3 heteroatoms. The van der Waals surface area contributed by atoms with Crippen LogP contribution in [0.4, 0.5) is 0 Å². The van der Waals surface area contributed by atoms with E-state index in [9.17, 15) is 0 Å². The molecule has 2 heterocycles. The predicted molar refractivity (Wildman–Crippen MR) is 90.1 cm³/mol. The Morgan fingerprint density at radius 1 is 1.38 bits per heavy atom. The zero-order valence-corrected chi connectivity index (χ0v) is 13.9. The van der Waals surface area contributed by atoms with Crippen LogP contribution in [0.15, 0.2) is 29.2 Å². The molecular formula is C18H27NOS. The van der Waals surface area contributed by atoms with E-state index in [4.69, 9.17) is 4.74 Å². The molecule has 2 aliphatic heterocycles. The van der Waals surface area contributed by atoms with Crippen molar-refractivity contribution in [1.29, 1.82) is 0 Å². The number of hydrogen-bond donors (Lipinski definition) is 1. The molecule has 0 aromatic heterocycles. The largest absolute Gasteiger partial charge is 0.381 e. The molecule has 1 saturated heterocycles. The second kappa shape index (κ2) is 7.17. The van der Waals surface area contributed by atoms with Gasteiger partial charge in [-0.25, -0.2) is 0 Å². The molecule has 2 nitrogen and oxygen atoms in total. The van der Waals surface area contributed by atoms with Crippen LogP contribution in [0.5, 0.6) is 0 Å². The number of thioether (sulfide) groups is 1. The van der Waals surface area contributed by atoms with Crippen LogP contribution < -0.4 is 5.32 Å². The smallest absolute Gasteiger partial charge is 0.0535 e. The summed E-state index contributed by atoms with van der Waals surface area (Å²) in [5, 5.41) is 4.38. The van der Waals surface area contributed by atoms with E-state index in [2.05, 4.69) is 48.3 Å². The van der Waals surface area contributed by atoms with Gasteiger partial charge in [0.05, 0.1) is 6.61 Å². The van der Waals surface area contributed by atoms with Crippen molar-refractivity contribution in [2.45, 2.75) is 49.2 Å². The Hall–Kier alpha value is -0.510. The number of ether oxygens (including phenoxy) is 1. The van der Waals surface area contributed by atoms with E-state index in [0.717, 1.165) is 31.6 Å². The van der Waals surface area contributed by atoms with Crippen molar-refractivity contribution < 1.29 is 4.74 Å². The van der Waals surface area contributed by atoms with Gasteiger partial charge < -0.3 is 10.1 Å². The highest BCUT2D eigenvalue weighted by Gasteiger charge is 2.37. The summed E-state index contributed by atoms with van der Waals surface area (Å²) in [6.07, 6.45) is 6.26. The Morgan fingerprint density at radius 2 is 2.29 bits per heavy atom. The van der Waals surface area contributed by atoms with Crippen LogP contribution in [0.3, 0.4) is 0 Å². The van der Waals surface area contributed by atoms with Gasteiger partial charge in [0.2, 0.25) is 0 Å². The molecule has 1 aromatic carbocycles. The fraction of sp³-hybridized carbons (Fsp3) is 0.667. The third-order valence-electron chi connectivity index (χ3n) is 4.71. The van der Waals surface area contributed by atoms with Gasteiger partial charge in [-0.3, -0.25) is 0 Å². The fourth-order valence-corrected chi connectivity index (χ4v) is 5.18. The third kappa shape index (κ3) is 3.82. The first-order valence-corrected chi connectivity index (χ1v) is 9.22. The minimum absolute atomic E-state index is 0.354. The van der Waals surface area contributed by atoms with E-state index < -0.39 is 0 Å². The molecule has 21 heavy (non-hydrogen) atoms. The summed E-state index contributed by atoms with van der Waals surface area (Å²) >= 11 is 2.08. The van der Waals surface area contributed by atoms with Crippen LogP contribution in [0.2, 0.25) is 0 Å². The third-order valence-corrected chi connectivity index (χ3v) is 6.02. The van der Waals surface area contributed by atoms with Gasteiger partial charge in [0.25, 0.3) is 0 Å². The Bertz CT molecular complexity index is 431. The zero-order valence-electron chi connectivity index (χ0n) is 13.1. The van der Waals surface area contributed by atoms with E-state index in [1.807, 2.05) is 0 Å². The fourth-order valence-electron chi connectivity index (χ4n) is 3.66. The van der Waals surface area contributed by atoms with Gasteiger partial charge in [0, 0.05) is 28.7 Å². The van der Waals surface area contributed by atoms with Gasteiger partial charge in [-0.1, -0.05) is 25.1 Å². The van der Waals surface area contributed by atoms with Crippen molar-refractivity contribution in [1.82, 2.24) is 5.32 Å². The van der Waals surface area contributed by atoms with E-state index in [1.54, 1.807) is 5.56 Å². The Morgan fingerprint density at radius 3 is 3.05 bits per heavy atom. The van der Waals surface area contributed by atoms with E-state index >= 15 is 0 Å². The normalized spacial score (nSPS) is 28.5. The molecule has 2 aliphatic rings. The summed E-state index contributed by atoms with van der Waals surface area (Å²) in [5.41, 5.74) is 1.90. The summed E-state index contributed by atoms with van der Waals surface area (Å²) in [7, 11) is 0. The van der Waals surface area contributed by atoms with Crippen LogP contribution in [-0.2, 0) is 11.2 Å². The molecule has 0 radical (unpaired) electrons. The number of hydrogen-bond acceptors (Lipinski definition) is 3. The summed E-state index contributed by atoms with van der Waals surface area (Å²) < 4.78 is 5.85. The van der Waals surface area contributed by atoms with Crippen molar-refractivity contribution in [2.24, 2.45) is 5.41 Å². The van der Waals surface area contributed by atoms with Gasteiger partial charge in [-0.05, 0) is 50.3 Å². The topological polar surface area (TPSA) is 21.3 Å². The first kappa shape index (κ1) is 15.4. The highest BCUT2D eigenvalue weighted by molar-refractivity contribution is 8.00. The summed E-state index contributed by atoms with van der Waals surface area (Å²) in [5.74, 6) is 0. The Labute approximate surface area is 133 Å². The second-order valence-corrected chi connectivity index (χ2v) is 7.93. The second-order valence-electron chi connectivity index (χ2n) is 6.59. The zero-order chi connectivity index (χ0) is 14.5. The average Bonchev–Trinajstić information content (AvgIpc) is 2.90. The summed E-state index contributed by atoms with van der Waals surface area (Å²) in [6, 6.07) is 8.90.